The van der Waals surface area contributed by atoms with E-state index in [0.717, 1.165) is 24.1 Å². The number of halogens is 1. The maximum Gasteiger partial charge on any atom is 0.0370 e. The first-order chi connectivity index (χ1) is 7.96. The molecule has 1 aliphatic rings. The fraction of sp³-hybridized carbons (Fsp3) is 0.571. The molecule has 3 heteroatoms. The van der Waals surface area contributed by atoms with Crippen LogP contribution in [-0.4, -0.2) is 25.2 Å². The second-order valence-electron chi connectivity index (χ2n) is 5.57. The maximum atomic E-state index is 3.67. The van der Waals surface area contributed by atoms with Crippen LogP contribution in [-0.2, 0) is 5.41 Å². The molecule has 0 spiro atoms. The quantitative estimate of drug-likeness (QED) is 0.877. The molecular formula is C14H21BrN2. The second kappa shape index (κ2) is 4.71. The summed E-state index contributed by atoms with van der Waals surface area (Å²) in [7, 11) is 0. The minimum absolute atomic E-state index is 0.0963. The molecule has 1 saturated heterocycles. The highest BCUT2D eigenvalue weighted by atomic mass is 79.9. The van der Waals surface area contributed by atoms with Crippen molar-refractivity contribution in [2.75, 3.05) is 19.6 Å². The van der Waals surface area contributed by atoms with E-state index in [1.807, 2.05) is 0 Å². The molecule has 1 aliphatic heterocycles. The van der Waals surface area contributed by atoms with E-state index in [9.17, 15) is 0 Å². The van der Waals surface area contributed by atoms with Crippen LogP contribution in [0.1, 0.15) is 26.3 Å². The summed E-state index contributed by atoms with van der Waals surface area (Å²) in [5, 5.41) is 7.17. The van der Waals surface area contributed by atoms with Crippen molar-refractivity contribution in [3.63, 3.8) is 0 Å². The van der Waals surface area contributed by atoms with Crippen LogP contribution >= 0.6 is 15.9 Å². The lowest BCUT2D eigenvalue weighted by Gasteiger charge is -2.48. The van der Waals surface area contributed by atoms with E-state index in [1.54, 1.807) is 0 Å². The van der Waals surface area contributed by atoms with Gasteiger partial charge in [-0.05, 0) is 24.6 Å². The highest BCUT2D eigenvalue weighted by molar-refractivity contribution is 9.10. The Balaban J connectivity index is 2.30. The third-order valence-electron chi connectivity index (χ3n) is 4.24. The van der Waals surface area contributed by atoms with Crippen LogP contribution in [0.5, 0.6) is 0 Å². The van der Waals surface area contributed by atoms with Gasteiger partial charge in [-0.25, -0.2) is 0 Å². The van der Waals surface area contributed by atoms with Crippen LogP contribution in [0.3, 0.4) is 0 Å². The van der Waals surface area contributed by atoms with E-state index in [1.165, 1.54) is 5.56 Å². The van der Waals surface area contributed by atoms with Crippen LogP contribution < -0.4 is 10.6 Å². The van der Waals surface area contributed by atoms with Gasteiger partial charge < -0.3 is 10.6 Å². The smallest absolute Gasteiger partial charge is 0.0370 e. The minimum atomic E-state index is 0.0963. The van der Waals surface area contributed by atoms with Crippen molar-refractivity contribution in [3.05, 3.63) is 34.3 Å². The molecule has 2 N–H and O–H groups in total. The van der Waals surface area contributed by atoms with Crippen LogP contribution in [0.25, 0.3) is 0 Å². The van der Waals surface area contributed by atoms with E-state index in [-0.39, 0.29) is 11.0 Å². The molecule has 0 aliphatic carbocycles. The largest absolute Gasteiger partial charge is 0.314 e. The molecule has 1 aromatic carbocycles. The molecule has 0 aromatic heterocycles. The summed E-state index contributed by atoms with van der Waals surface area (Å²) in [5.74, 6) is 0. The van der Waals surface area contributed by atoms with Gasteiger partial charge >= 0.3 is 0 Å². The Hall–Kier alpha value is -0.380. The average molecular weight is 297 g/mol. The normalized spacial score (nSPS) is 25.9. The van der Waals surface area contributed by atoms with E-state index in [4.69, 9.17) is 0 Å². The predicted molar refractivity (Wildman–Crippen MR) is 76.4 cm³/mol. The van der Waals surface area contributed by atoms with Crippen molar-refractivity contribution in [1.29, 1.82) is 0 Å². The predicted octanol–water partition coefficient (Wildman–Crippen LogP) is 2.68. The summed E-state index contributed by atoms with van der Waals surface area (Å²) in [4.78, 5) is 0. The van der Waals surface area contributed by atoms with Crippen LogP contribution in [0, 0.1) is 0 Å². The summed E-state index contributed by atoms with van der Waals surface area (Å²) >= 11 is 3.49. The zero-order valence-electron chi connectivity index (χ0n) is 10.8. The summed E-state index contributed by atoms with van der Waals surface area (Å²) in [5.41, 5.74) is 1.57. The Labute approximate surface area is 112 Å². The van der Waals surface area contributed by atoms with Crippen molar-refractivity contribution in [1.82, 2.24) is 10.6 Å². The van der Waals surface area contributed by atoms with Crippen molar-refractivity contribution in [2.24, 2.45) is 0 Å². The Morgan fingerprint density at radius 3 is 2.35 bits per heavy atom. The van der Waals surface area contributed by atoms with Crippen molar-refractivity contribution >= 4 is 15.9 Å². The third kappa shape index (κ3) is 2.42. The molecule has 0 bridgehead atoms. The van der Waals surface area contributed by atoms with Crippen molar-refractivity contribution < 1.29 is 0 Å². The van der Waals surface area contributed by atoms with Gasteiger partial charge in [0.1, 0.15) is 0 Å². The summed E-state index contributed by atoms with van der Waals surface area (Å²) in [6, 6.07) is 8.67. The molecule has 94 valence electrons. The first-order valence-electron chi connectivity index (χ1n) is 6.17. The van der Waals surface area contributed by atoms with E-state index >= 15 is 0 Å². The lowest BCUT2D eigenvalue weighted by atomic mass is 9.68. The average Bonchev–Trinajstić information content (AvgIpc) is 2.30. The molecule has 1 atom stereocenters. The summed E-state index contributed by atoms with van der Waals surface area (Å²) < 4.78 is 1.14. The Morgan fingerprint density at radius 1 is 1.18 bits per heavy atom. The topological polar surface area (TPSA) is 24.1 Å². The number of hydrogen-bond acceptors (Lipinski definition) is 2. The van der Waals surface area contributed by atoms with Gasteiger partial charge in [-0.3, -0.25) is 0 Å². The van der Waals surface area contributed by atoms with Crippen molar-refractivity contribution in [2.45, 2.75) is 31.7 Å². The lowest BCUT2D eigenvalue weighted by Crippen LogP contribution is -2.66. The molecule has 17 heavy (non-hydrogen) atoms. The van der Waals surface area contributed by atoms with Gasteiger partial charge in [0.2, 0.25) is 0 Å². The fourth-order valence-electron chi connectivity index (χ4n) is 2.45. The van der Waals surface area contributed by atoms with E-state index in [2.05, 4.69) is 71.6 Å². The third-order valence-corrected chi connectivity index (χ3v) is 4.77. The van der Waals surface area contributed by atoms with Crippen LogP contribution in [0.4, 0.5) is 0 Å². The second-order valence-corrected chi connectivity index (χ2v) is 6.48. The van der Waals surface area contributed by atoms with Crippen LogP contribution in [0.15, 0.2) is 28.7 Å². The highest BCUT2D eigenvalue weighted by Crippen LogP contribution is 2.35. The van der Waals surface area contributed by atoms with Gasteiger partial charge in [-0.1, -0.05) is 41.9 Å². The lowest BCUT2D eigenvalue weighted by molar-refractivity contribution is 0.185. The van der Waals surface area contributed by atoms with Gasteiger partial charge in [-0.2, -0.15) is 0 Å². The van der Waals surface area contributed by atoms with Gasteiger partial charge in [0.05, 0.1) is 0 Å². The molecule has 1 fully saturated rings. The van der Waals surface area contributed by atoms with E-state index < -0.39 is 0 Å². The van der Waals surface area contributed by atoms with E-state index in [0.29, 0.717) is 0 Å². The first-order valence-corrected chi connectivity index (χ1v) is 6.97. The fourth-order valence-corrected chi connectivity index (χ4v) is 2.72. The molecule has 2 rings (SSSR count). The van der Waals surface area contributed by atoms with Crippen molar-refractivity contribution in [3.8, 4) is 0 Å². The number of piperazine rings is 1. The number of nitrogens with one attached hydrogen (secondary N) is 2. The molecule has 0 amide bonds. The molecule has 2 nitrogen and oxygen atoms in total. The Bertz CT molecular complexity index is 378. The monoisotopic (exact) mass is 296 g/mol. The maximum absolute atomic E-state index is 3.67. The van der Waals surface area contributed by atoms with Gasteiger partial charge in [-0.15, -0.1) is 0 Å². The molecule has 1 unspecified atom stereocenters. The van der Waals surface area contributed by atoms with Gasteiger partial charge in [0.15, 0.2) is 0 Å². The number of benzene rings is 1. The number of rotatable bonds is 2. The minimum Gasteiger partial charge on any atom is -0.314 e. The number of hydrogen-bond donors (Lipinski definition) is 2. The Kier molecular flexibility index (Phi) is 3.62. The Morgan fingerprint density at radius 2 is 1.82 bits per heavy atom. The molecule has 0 radical (unpaired) electrons. The zero-order valence-corrected chi connectivity index (χ0v) is 12.4. The highest BCUT2D eigenvalue weighted by Gasteiger charge is 2.42. The zero-order chi connectivity index (χ0) is 12.5. The first kappa shape index (κ1) is 13.1. The molecule has 1 aromatic rings. The molecule has 1 heterocycles. The van der Waals surface area contributed by atoms with Crippen LogP contribution in [0.2, 0.25) is 0 Å². The SMILES string of the molecule is CC1(C(C)(C)c2ccc(Br)cc2)CNCCN1. The molecule has 0 saturated carbocycles. The summed E-state index contributed by atoms with van der Waals surface area (Å²) in [6.45, 7) is 10.0. The van der Waals surface area contributed by atoms with Gasteiger partial charge in [0, 0.05) is 35.1 Å². The standard InChI is InChI=1S/C14H21BrN2/c1-13(2,11-4-6-12(15)7-5-11)14(3)10-16-8-9-17-14/h4-7,16-17H,8-10H2,1-3H3. The molecular weight excluding hydrogens is 276 g/mol. The van der Waals surface area contributed by atoms with Gasteiger partial charge in [0.25, 0.3) is 0 Å². The summed E-state index contributed by atoms with van der Waals surface area (Å²) in [6.07, 6.45) is 0.